The van der Waals surface area contributed by atoms with E-state index in [9.17, 15) is 14.7 Å². The second-order valence-electron chi connectivity index (χ2n) is 7.24. The van der Waals surface area contributed by atoms with Crippen molar-refractivity contribution in [3.8, 4) is 0 Å². The summed E-state index contributed by atoms with van der Waals surface area (Å²) >= 11 is 0. The molecule has 1 saturated carbocycles. The van der Waals surface area contributed by atoms with Crippen LogP contribution in [0.5, 0.6) is 0 Å². The largest absolute Gasteiger partial charge is 0.478 e. The van der Waals surface area contributed by atoms with Crippen molar-refractivity contribution in [3.05, 3.63) is 23.8 Å². The third kappa shape index (κ3) is 4.04. The topological polar surface area (TPSA) is 63.6 Å². The number of carboxylic acid groups (broad SMARTS) is 1. The third-order valence-electron chi connectivity index (χ3n) is 5.62. The van der Waals surface area contributed by atoms with Crippen LogP contribution in [0.3, 0.4) is 0 Å². The molecule has 0 saturated heterocycles. The van der Waals surface area contributed by atoms with E-state index in [1.54, 1.807) is 0 Å². The molecule has 0 bridgehead atoms. The first-order valence-electron chi connectivity index (χ1n) is 8.64. The number of carbonyl (C=O) groups is 2. The Balaban J connectivity index is 2.08. The van der Waals surface area contributed by atoms with Gasteiger partial charge in [0.05, 0.1) is 0 Å². The number of hydrogen-bond acceptors (Lipinski definition) is 3. The molecule has 1 fully saturated rings. The lowest BCUT2D eigenvalue weighted by Crippen LogP contribution is -2.39. The molecule has 4 nitrogen and oxygen atoms in total. The standard InChI is InChI=1S/C19H28O4/c1-4-6-17(20)23-12-15-7-5-9-19(3)10-8-14(11-16(15)19)13(2)18(21)22/h7,14,16H,2,4-6,8-12H2,1,3H3,(H,21,22). The van der Waals surface area contributed by atoms with Crippen LogP contribution in [0.2, 0.25) is 0 Å². The number of ether oxygens (including phenoxy) is 1. The summed E-state index contributed by atoms with van der Waals surface area (Å²) in [6.45, 7) is 8.36. The molecule has 0 aliphatic heterocycles. The molecular weight excluding hydrogens is 292 g/mol. The first kappa shape index (κ1) is 17.8. The number of esters is 1. The van der Waals surface area contributed by atoms with Crippen LogP contribution in [0.25, 0.3) is 0 Å². The van der Waals surface area contributed by atoms with Gasteiger partial charge in [-0.05, 0) is 61.3 Å². The van der Waals surface area contributed by atoms with E-state index in [-0.39, 0.29) is 17.3 Å². The molecule has 3 unspecified atom stereocenters. The van der Waals surface area contributed by atoms with Gasteiger partial charge in [-0.2, -0.15) is 0 Å². The average molecular weight is 320 g/mol. The number of carboxylic acids is 1. The molecule has 128 valence electrons. The molecule has 23 heavy (non-hydrogen) atoms. The number of allylic oxidation sites excluding steroid dienone is 1. The first-order chi connectivity index (χ1) is 10.9. The highest BCUT2D eigenvalue weighted by atomic mass is 16.5. The fourth-order valence-corrected chi connectivity index (χ4v) is 4.08. The van der Waals surface area contributed by atoms with Gasteiger partial charge in [0.25, 0.3) is 0 Å². The Kier molecular flexibility index (Phi) is 5.66. The monoisotopic (exact) mass is 320 g/mol. The maximum Gasteiger partial charge on any atom is 0.331 e. The molecule has 2 aliphatic rings. The van der Waals surface area contributed by atoms with E-state index < -0.39 is 5.97 Å². The van der Waals surface area contributed by atoms with Crippen molar-refractivity contribution in [2.45, 2.75) is 58.8 Å². The second-order valence-corrected chi connectivity index (χ2v) is 7.24. The molecule has 2 rings (SSSR count). The number of carbonyl (C=O) groups excluding carboxylic acids is 1. The van der Waals surface area contributed by atoms with Crippen molar-refractivity contribution < 1.29 is 19.4 Å². The Morgan fingerprint density at radius 1 is 1.43 bits per heavy atom. The summed E-state index contributed by atoms with van der Waals surface area (Å²) in [5.74, 6) is -0.726. The quantitative estimate of drug-likeness (QED) is 0.454. The van der Waals surface area contributed by atoms with Gasteiger partial charge in [-0.1, -0.05) is 26.5 Å². The lowest BCUT2D eigenvalue weighted by Gasteiger charge is -2.48. The van der Waals surface area contributed by atoms with Crippen LogP contribution in [0.15, 0.2) is 23.8 Å². The highest BCUT2D eigenvalue weighted by molar-refractivity contribution is 5.86. The summed E-state index contributed by atoms with van der Waals surface area (Å²) in [6, 6.07) is 0. The van der Waals surface area contributed by atoms with Crippen LogP contribution < -0.4 is 0 Å². The Labute approximate surface area is 138 Å². The maximum absolute atomic E-state index is 11.6. The summed E-state index contributed by atoms with van der Waals surface area (Å²) in [5, 5.41) is 9.21. The minimum Gasteiger partial charge on any atom is -0.478 e. The van der Waals surface area contributed by atoms with Crippen molar-refractivity contribution >= 4 is 11.9 Å². The van der Waals surface area contributed by atoms with Gasteiger partial charge >= 0.3 is 11.9 Å². The van der Waals surface area contributed by atoms with Gasteiger partial charge in [0.15, 0.2) is 0 Å². The predicted octanol–water partition coefficient (Wildman–Crippen LogP) is 4.11. The fraction of sp³-hybridized carbons (Fsp3) is 0.684. The summed E-state index contributed by atoms with van der Waals surface area (Å²) in [6.07, 6.45) is 8.27. The summed E-state index contributed by atoms with van der Waals surface area (Å²) < 4.78 is 5.41. The summed E-state index contributed by atoms with van der Waals surface area (Å²) in [4.78, 5) is 22.9. The van der Waals surface area contributed by atoms with Crippen molar-refractivity contribution in [2.75, 3.05) is 6.61 Å². The predicted molar refractivity (Wildman–Crippen MR) is 88.9 cm³/mol. The Hall–Kier alpha value is -1.58. The number of aliphatic carboxylic acids is 1. The molecule has 4 heteroatoms. The SMILES string of the molecule is C=C(C(=O)O)C1CCC2(C)CCC=C(COC(=O)CCC)C2C1. The van der Waals surface area contributed by atoms with Gasteiger partial charge < -0.3 is 9.84 Å². The zero-order chi connectivity index (χ0) is 17.0. The minimum absolute atomic E-state index is 0.0263. The van der Waals surface area contributed by atoms with E-state index in [0.29, 0.717) is 24.5 Å². The highest BCUT2D eigenvalue weighted by Gasteiger charge is 2.44. The van der Waals surface area contributed by atoms with Crippen LogP contribution in [-0.2, 0) is 14.3 Å². The molecule has 0 aromatic rings. The Morgan fingerprint density at radius 2 is 2.17 bits per heavy atom. The molecule has 0 aromatic heterocycles. The summed E-state index contributed by atoms with van der Waals surface area (Å²) in [7, 11) is 0. The molecule has 0 radical (unpaired) electrons. The molecular formula is C19H28O4. The minimum atomic E-state index is -0.894. The normalized spacial score (nSPS) is 30.1. The van der Waals surface area contributed by atoms with Crippen molar-refractivity contribution in [2.24, 2.45) is 17.3 Å². The van der Waals surface area contributed by atoms with Crippen LogP contribution >= 0.6 is 0 Å². The molecule has 0 aromatic carbocycles. The lowest BCUT2D eigenvalue weighted by atomic mass is 9.57. The van der Waals surface area contributed by atoms with E-state index in [2.05, 4.69) is 19.6 Å². The van der Waals surface area contributed by atoms with Gasteiger partial charge in [-0.15, -0.1) is 0 Å². The molecule has 3 atom stereocenters. The number of hydrogen-bond donors (Lipinski definition) is 1. The Morgan fingerprint density at radius 3 is 2.83 bits per heavy atom. The number of rotatable bonds is 6. The first-order valence-corrected chi connectivity index (χ1v) is 8.64. The Bertz CT molecular complexity index is 519. The van der Waals surface area contributed by atoms with Crippen molar-refractivity contribution in [3.63, 3.8) is 0 Å². The van der Waals surface area contributed by atoms with E-state index in [4.69, 9.17) is 4.74 Å². The second kappa shape index (κ2) is 7.33. The van der Waals surface area contributed by atoms with Crippen LogP contribution in [0.4, 0.5) is 0 Å². The highest BCUT2D eigenvalue weighted by Crippen LogP contribution is 2.53. The average Bonchev–Trinajstić information content (AvgIpc) is 2.51. The molecule has 2 aliphatic carbocycles. The lowest BCUT2D eigenvalue weighted by molar-refractivity contribution is -0.143. The zero-order valence-corrected chi connectivity index (χ0v) is 14.3. The van der Waals surface area contributed by atoms with Gasteiger partial charge in [0.1, 0.15) is 6.61 Å². The van der Waals surface area contributed by atoms with Crippen LogP contribution in [-0.4, -0.2) is 23.7 Å². The smallest absolute Gasteiger partial charge is 0.331 e. The van der Waals surface area contributed by atoms with Crippen LogP contribution in [0.1, 0.15) is 58.8 Å². The molecule has 1 N–H and O–H groups in total. The molecule has 0 spiro atoms. The van der Waals surface area contributed by atoms with Gasteiger partial charge in [0, 0.05) is 12.0 Å². The van der Waals surface area contributed by atoms with E-state index in [1.165, 1.54) is 5.57 Å². The van der Waals surface area contributed by atoms with Crippen molar-refractivity contribution in [1.82, 2.24) is 0 Å². The van der Waals surface area contributed by atoms with E-state index >= 15 is 0 Å². The zero-order valence-electron chi connectivity index (χ0n) is 14.3. The van der Waals surface area contributed by atoms with E-state index in [1.807, 2.05) is 6.92 Å². The fourth-order valence-electron chi connectivity index (χ4n) is 4.08. The van der Waals surface area contributed by atoms with Crippen molar-refractivity contribution in [1.29, 1.82) is 0 Å². The van der Waals surface area contributed by atoms with Gasteiger partial charge in [0.2, 0.25) is 0 Å². The molecule has 0 amide bonds. The maximum atomic E-state index is 11.6. The van der Waals surface area contributed by atoms with Crippen LogP contribution in [0, 0.1) is 17.3 Å². The van der Waals surface area contributed by atoms with E-state index in [0.717, 1.165) is 38.5 Å². The number of fused-ring (bicyclic) bond motifs is 1. The van der Waals surface area contributed by atoms with Gasteiger partial charge in [-0.3, -0.25) is 4.79 Å². The third-order valence-corrected chi connectivity index (χ3v) is 5.62. The molecule has 0 heterocycles. The summed E-state index contributed by atoms with van der Waals surface area (Å²) in [5.41, 5.74) is 1.68. The van der Waals surface area contributed by atoms with Gasteiger partial charge in [-0.25, -0.2) is 4.79 Å².